The number of carbonyl (C=O) groups excluding carboxylic acids is 1. The van der Waals surface area contributed by atoms with Crippen molar-refractivity contribution in [2.45, 2.75) is 19.9 Å². The minimum atomic E-state index is -0.264. The van der Waals surface area contributed by atoms with Crippen molar-refractivity contribution in [1.29, 1.82) is 5.26 Å². The fourth-order valence-electron chi connectivity index (χ4n) is 1.63. The van der Waals surface area contributed by atoms with Gasteiger partial charge in [0.05, 0.1) is 11.6 Å². The van der Waals surface area contributed by atoms with Crippen LogP contribution in [0.15, 0.2) is 24.3 Å². The first-order valence-corrected chi connectivity index (χ1v) is 7.39. The van der Waals surface area contributed by atoms with E-state index in [9.17, 15) is 4.79 Å². The summed E-state index contributed by atoms with van der Waals surface area (Å²) < 4.78 is 0. The zero-order valence-electron chi connectivity index (χ0n) is 11.6. The van der Waals surface area contributed by atoms with Crippen molar-refractivity contribution >= 4 is 22.4 Å². The molecule has 7 heteroatoms. The molecule has 1 heterocycles. The lowest BCUT2D eigenvalue weighted by Gasteiger charge is -2.03. The molecule has 0 aliphatic rings. The molecule has 1 aromatic carbocycles. The van der Waals surface area contributed by atoms with Crippen molar-refractivity contribution in [2.24, 2.45) is 0 Å². The average Bonchev–Trinajstić information content (AvgIpc) is 2.99. The Morgan fingerprint density at radius 1 is 1.43 bits per heavy atom. The Hall–Kier alpha value is -2.46. The molecule has 21 heavy (non-hydrogen) atoms. The number of hydrogen-bond acceptors (Lipinski definition) is 6. The van der Waals surface area contributed by atoms with Crippen LogP contribution in [0.5, 0.6) is 0 Å². The molecule has 0 fully saturated rings. The molecule has 0 aliphatic heterocycles. The van der Waals surface area contributed by atoms with Crippen molar-refractivity contribution in [3.63, 3.8) is 0 Å². The quantitative estimate of drug-likeness (QED) is 0.853. The van der Waals surface area contributed by atoms with Crippen molar-refractivity contribution in [3.8, 4) is 6.07 Å². The van der Waals surface area contributed by atoms with Gasteiger partial charge in [-0.15, -0.1) is 10.2 Å². The second kappa shape index (κ2) is 7.36. The van der Waals surface area contributed by atoms with Gasteiger partial charge in [0.2, 0.25) is 10.1 Å². The predicted molar refractivity (Wildman–Crippen MR) is 81.0 cm³/mol. The molecule has 0 radical (unpaired) electrons. The van der Waals surface area contributed by atoms with Crippen LogP contribution in [0.3, 0.4) is 0 Å². The monoisotopic (exact) mass is 301 g/mol. The Labute approximate surface area is 126 Å². The maximum absolute atomic E-state index is 12.0. The van der Waals surface area contributed by atoms with Gasteiger partial charge in [-0.2, -0.15) is 5.26 Å². The fourth-order valence-corrected chi connectivity index (χ4v) is 2.31. The van der Waals surface area contributed by atoms with E-state index < -0.39 is 0 Å². The van der Waals surface area contributed by atoms with Gasteiger partial charge in [-0.3, -0.25) is 4.79 Å². The van der Waals surface area contributed by atoms with Crippen LogP contribution in [0, 0.1) is 11.3 Å². The number of rotatable bonds is 6. The highest BCUT2D eigenvalue weighted by molar-refractivity contribution is 7.17. The summed E-state index contributed by atoms with van der Waals surface area (Å²) >= 11 is 1.23. The molecular formula is C14H15N5OS. The molecule has 0 bridgehead atoms. The molecule has 1 aromatic heterocycles. The van der Waals surface area contributed by atoms with Gasteiger partial charge < -0.3 is 10.6 Å². The number of amides is 1. The summed E-state index contributed by atoms with van der Waals surface area (Å²) in [6.07, 6.45) is 0.982. The van der Waals surface area contributed by atoms with E-state index in [-0.39, 0.29) is 5.91 Å². The van der Waals surface area contributed by atoms with Crippen LogP contribution in [0.25, 0.3) is 0 Å². The third kappa shape index (κ3) is 4.26. The van der Waals surface area contributed by atoms with Crippen molar-refractivity contribution < 1.29 is 4.79 Å². The third-order valence-electron chi connectivity index (χ3n) is 2.65. The minimum Gasteiger partial charge on any atom is -0.360 e. The zero-order valence-corrected chi connectivity index (χ0v) is 12.4. The summed E-state index contributed by atoms with van der Waals surface area (Å²) in [7, 11) is 0. The molecule has 0 saturated carbocycles. The molecule has 2 aromatic rings. The van der Waals surface area contributed by atoms with Crippen LogP contribution in [0.1, 0.15) is 34.3 Å². The molecular weight excluding hydrogens is 286 g/mol. The topological polar surface area (TPSA) is 90.7 Å². The van der Waals surface area contributed by atoms with Gasteiger partial charge in [0, 0.05) is 13.1 Å². The molecule has 108 valence electrons. The number of nitriles is 1. The van der Waals surface area contributed by atoms with E-state index in [2.05, 4.69) is 33.8 Å². The van der Waals surface area contributed by atoms with E-state index in [0.717, 1.165) is 18.5 Å². The van der Waals surface area contributed by atoms with Crippen LogP contribution in [0.4, 0.5) is 5.13 Å². The van der Waals surface area contributed by atoms with Gasteiger partial charge in [-0.25, -0.2) is 0 Å². The Morgan fingerprint density at radius 3 is 3.05 bits per heavy atom. The van der Waals surface area contributed by atoms with E-state index >= 15 is 0 Å². The van der Waals surface area contributed by atoms with E-state index in [1.165, 1.54) is 11.3 Å². The third-order valence-corrected chi connectivity index (χ3v) is 3.53. The number of benzene rings is 1. The summed E-state index contributed by atoms with van der Waals surface area (Å²) in [5.74, 6) is -0.264. The fraction of sp³-hybridized carbons (Fsp3) is 0.286. The summed E-state index contributed by atoms with van der Waals surface area (Å²) in [5, 5.41) is 23.4. The van der Waals surface area contributed by atoms with E-state index in [1.807, 2.05) is 6.07 Å². The van der Waals surface area contributed by atoms with Gasteiger partial charge in [-0.05, 0) is 24.1 Å². The van der Waals surface area contributed by atoms with E-state index in [0.29, 0.717) is 22.2 Å². The molecule has 0 spiro atoms. The SMILES string of the molecule is CCCNc1nnc(C(=O)NCc2cccc(C#N)c2)s1. The first kappa shape index (κ1) is 14.9. The second-order valence-electron chi connectivity index (χ2n) is 4.33. The average molecular weight is 301 g/mol. The number of hydrogen-bond donors (Lipinski definition) is 2. The number of aromatic nitrogens is 2. The van der Waals surface area contributed by atoms with E-state index in [4.69, 9.17) is 5.26 Å². The standard InChI is InChI=1S/C14H15N5OS/c1-2-6-16-14-19-18-13(21-14)12(20)17-9-11-5-3-4-10(7-11)8-15/h3-5,7H,2,6,9H2,1H3,(H,16,19)(H,17,20). The molecule has 0 unspecified atom stereocenters. The highest BCUT2D eigenvalue weighted by atomic mass is 32.1. The summed E-state index contributed by atoms with van der Waals surface area (Å²) in [5.41, 5.74) is 1.44. The van der Waals surface area contributed by atoms with Crippen molar-refractivity contribution in [2.75, 3.05) is 11.9 Å². The lowest BCUT2D eigenvalue weighted by atomic mass is 10.1. The molecule has 0 saturated heterocycles. The molecule has 1 amide bonds. The van der Waals surface area contributed by atoms with Crippen LogP contribution < -0.4 is 10.6 Å². The van der Waals surface area contributed by atoms with Crippen LogP contribution in [-0.2, 0) is 6.54 Å². The van der Waals surface area contributed by atoms with Crippen molar-refractivity contribution in [3.05, 3.63) is 40.4 Å². The molecule has 0 atom stereocenters. The highest BCUT2D eigenvalue weighted by Gasteiger charge is 2.12. The van der Waals surface area contributed by atoms with Gasteiger partial charge >= 0.3 is 0 Å². The number of anilines is 1. The largest absolute Gasteiger partial charge is 0.360 e. The molecule has 0 aliphatic carbocycles. The maximum atomic E-state index is 12.0. The normalized spacial score (nSPS) is 9.90. The predicted octanol–water partition coefficient (Wildman–Crippen LogP) is 2.16. The van der Waals surface area contributed by atoms with Crippen LogP contribution in [-0.4, -0.2) is 22.6 Å². The first-order chi connectivity index (χ1) is 10.2. The zero-order chi connectivity index (χ0) is 15.1. The second-order valence-corrected chi connectivity index (χ2v) is 5.31. The molecule has 2 N–H and O–H groups in total. The van der Waals surface area contributed by atoms with Gasteiger partial charge in [0.15, 0.2) is 0 Å². The number of carbonyl (C=O) groups is 1. The van der Waals surface area contributed by atoms with Gasteiger partial charge in [0.1, 0.15) is 0 Å². The highest BCUT2D eigenvalue weighted by Crippen LogP contribution is 2.15. The summed E-state index contributed by atoms with van der Waals surface area (Å²) in [6, 6.07) is 9.18. The van der Waals surface area contributed by atoms with Gasteiger partial charge in [-0.1, -0.05) is 30.4 Å². The Kier molecular flexibility index (Phi) is 5.23. The molecule has 6 nitrogen and oxygen atoms in total. The Balaban J connectivity index is 1.92. The summed E-state index contributed by atoms with van der Waals surface area (Å²) in [6.45, 7) is 3.21. The maximum Gasteiger partial charge on any atom is 0.282 e. The Morgan fingerprint density at radius 2 is 2.29 bits per heavy atom. The Bertz CT molecular complexity index is 661. The first-order valence-electron chi connectivity index (χ1n) is 6.57. The van der Waals surface area contributed by atoms with Gasteiger partial charge in [0.25, 0.3) is 5.91 Å². The van der Waals surface area contributed by atoms with E-state index in [1.54, 1.807) is 18.2 Å². The minimum absolute atomic E-state index is 0.264. The van der Waals surface area contributed by atoms with Crippen molar-refractivity contribution in [1.82, 2.24) is 15.5 Å². The molecule has 2 rings (SSSR count). The number of nitrogens with zero attached hydrogens (tertiary/aromatic N) is 3. The van der Waals surface area contributed by atoms with Crippen LogP contribution in [0.2, 0.25) is 0 Å². The van der Waals surface area contributed by atoms with Crippen LogP contribution >= 0.6 is 11.3 Å². The smallest absolute Gasteiger partial charge is 0.282 e. The summed E-state index contributed by atoms with van der Waals surface area (Å²) in [4.78, 5) is 12.0. The number of nitrogens with one attached hydrogen (secondary N) is 2. The lowest BCUT2D eigenvalue weighted by Crippen LogP contribution is -2.22. The lowest BCUT2D eigenvalue weighted by molar-refractivity contribution is 0.0950.